The van der Waals surface area contributed by atoms with Gasteiger partial charge in [0, 0.05) is 36.2 Å². The summed E-state index contributed by atoms with van der Waals surface area (Å²) in [6.45, 7) is 4.03. The first-order valence-corrected chi connectivity index (χ1v) is 12.4. The first kappa shape index (κ1) is 26.8. The average Bonchev–Trinajstić information content (AvgIpc) is 3.50. The molecular formula is C26H29ClN2O4S2. The predicted molar refractivity (Wildman–Crippen MR) is 147 cm³/mol. The molecule has 0 aliphatic carbocycles. The number of fused-ring (bicyclic) bond motifs is 1. The van der Waals surface area contributed by atoms with Crippen LogP contribution in [0.25, 0.3) is 10.2 Å². The van der Waals surface area contributed by atoms with E-state index in [0.717, 1.165) is 55.2 Å². The Kier molecular flexibility index (Phi) is 9.37. The topological polar surface area (TPSA) is 57.0 Å². The Hall–Kier alpha value is -2.81. The lowest BCUT2D eigenvalue weighted by Gasteiger charge is -2.23. The number of thiazole rings is 1. The van der Waals surface area contributed by atoms with Crippen LogP contribution in [-0.2, 0) is 6.42 Å². The van der Waals surface area contributed by atoms with E-state index in [1.165, 1.54) is 0 Å². The van der Waals surface area contributed by atoms with Gasteiger partial charge in [-0.1, -0.05) is 17.7 Å². The molecule has 2 heterocycles. The zero-order valence-electron chi connectivity index (χ0n) is 20.6. The first-order chi connectivity index (χ1) is 16.8. The molecule has 0 aliphatic rings. The van der Waals surface area contributed by atoms with Gasteiger partial charge in [0.2, 0.25) is 0 Å². The number of hydrogen-bond acceptors (Lipinski definition) is 8. The van der Waals surface area contributed by atoms with Crippen LogP contribution in [0, 0.1) is 6.92 Å². The van der Waals surface area contributed by atoms with E-state index in [1.54, 1.807) is 38.9 Å². The number of aromatic nitrogens is 1. The second-order valence-electron chi connectivity index (χ2n) is 7.57. The number of anilines is 1. The molecular weight excluding hydrogens is 504 g/mol. The second kappa shape index (κ2) is 12.2. The fourth-order valence-electron chi connectivity index (χ4n) is 3.33. The maximum absolute atomic E-state index is 6.19. The van der Waals surface area contributed by atoms with E-state index in [4.69, 9.17) is 30.2 Å². The van der Waals surface area contributed by atoms with Gasteiger partial charge in [-0.05, 0) is 38.1 Å². The van der Waals surface area contributed by atoms with Crippen LogP contribution in [0.3, 0.4) is 0 Å². The Labute approximate surface area is 220 Å². The maximum atomic E-state index is 6.19. The maximum Gasteiger partial charge on any atom is 0.162 e. The highest BCUT2D eigenvalue weighted by molar-refractivity contribution is 7.80. The number of hydrogen-bond donors (Lipinski definition) is 1. The van der Waals surface area contributed by atoms with E-state index in [1.807, 2.05) is 62.2 Å². The van der Waals surface area contributed by atoms with E-state index in [-0.39, 0.29) is 0 Å². The zero-order valence-corrected chi connectivity index (χ0v) is 23.1. The van der Waals surface area contributed by atoms with Gasteiger partial charge in [0.25, 0.3) is 0 Å². The number of ether oxygens (including phenoxy) is 3. The molecule has 2 aromatic carbocycles. The fraction of sp³-hybridized carbons (Fsp3) is 0.269. The van der Waals surface area contributed by atoms with Gasteiger partial charge in [-0.15, -0.1) is 24.0 Å². The standard InChI is InChI=1S/C16H18ClNO2S.C10H11NO2S/c1-11(6-7-12-5-4-8-20-12)18(2)14-9-13(17)15(19-3)10-16(14)21;1-6-11-7-4-8(12-2)9(13-3)5-10(7)14-6/h4-6,8-10,21H,7H2,1-3H3;4-5H,1-3H3. The lowest BCUT2D eigenvalue weighted by Crippen LogP contribution is -2.15. The Bertz CT molecular complexity index is 1260. The molecule has 0 aliphatic heterocycles. The van der Waals surface area contributed by atoms with Crippen LogP contribution in [-0.4, -0.2) is 33.4 Å². The van der Waals surface area contributed by atoms with Crippen molar-refractivity contribution in [3.05, 3.63) is 70.2 Å². The Morgan fingerprint density at radius 3 is 2.43 bits per heavy atom. The van der Waals surface area contributed by atoms with Crippen LogP contribution in [0.15, 0.2) is 63.7 Å². The van der Waals surface area contributed by atoms with Crippen molar-refractivity contribution < 1.29 is 18.6 Å². The molecule has 0 N–H and O–H groups in total. The number of benzene rings is 2. The van der Waals surface area contributed by atoms with Gasteiger partial charge in [0.05, 0.1) is 53.5 Å². The minimum Gasteiger partial charge on any atom is -0.495 e. The Morgan fingerprint density at radius 2 is 1.80 bits per heavy atom. The molecule has 0 amide bonds. The molecule has 0 atom stereocenters. The van der Waals surface area contributed by atoms with Crippen molar-refractivity contribution in [3.8, 4) is 17.2 Å². The number of nitrogens with zero attached hydrogens (tertiary/aromatic N) is 2. The van der Waals surface area contributed by atoms with Gasteiger partial charge in [-0.3, -0.25) is 0 Å². The number of rotatable bonds is 7. The molecule has 0 saturated heterocycles. The summed E-state index contributed by atoms with van der Waals surface area (Å²) in [6, 6.07) is 11.4. The molecule has 0 spiro atoms. The normalized spacial score (nSPS) is 11.1. The third-order valence-corrected chi connectivity index (χ3v) is 6.91. The quantitative estimate of drug-likeness (QED) is 0.250. The largest absolute Gasteiger partial charge is 0.495 e. The van der Waals surface area contributed by atoms with Crippen LogP contribution >= 0.6 is 35.6 Å². The van der Waals surface area contributed by atoms with E-state index >= 15 is 0 Å². The van der Waals surface area contributed by atoms with Gasteiger partial charge in [0.1, 0.15) is 11.5 Å². The smallest absolute Gasteiger partial charge is 0.162 e. The molecule has 6 nitrogen and oxygen atoms in total. The molecule has 0 bridgehead atoms. The molecule has 9 heteroatoms. The van der Waals surface area contributed by atoms with Gasteiger partial charge in [0.15, 0.2) is 11.5 Å². The van der Waals surface area contributed by atoms with Crippen molar-refractivity contribution in [2.45, 2.75) is 25.2 Å². The Balaban J connectivity index is 0.000000211. The molecule has 0 fully saturated rings. The summed E-state index contributed by atoms with van der Waals surface area (Å²) < 4.78 is 22.0. The van der Waals surface area contributed by atoms with Gasteiger partial charge < -0.3 is 23.5 Å². The minimum absolute atomic E-state index is 0.566. The van der Waals surface area contributed by atoms with Crippen LogP contribution in [0.4, 0.5) is 5.69 Å². The molecule has 4 rings (SSSR count). The Morgan fingerprint density at radius 1 is 1.11 bits per heavy atom. The second-order valence-corrected chi connectivity index (χ2v) is 9.70. The molecule has 4 aromatic rings. The van der Waals surface area contributed by atoms with E-state index < -0.39 is 0 Å². The number of methoxy groups -OCH3 is 3. The molecule has 2 aromatic heterocycles. The molecule has 0 unspecified atom stereocenters. The number of aryl methyl sites for hydroxylation is 1. The number of halogens is 1. The van der Waals surface area contributed by atoms with Gasteiger partial charge >= 0.3 is 0 Å². The highest BCUT2D eigenvalue weighted by Crippen LogP contribution is 2.36. The summed E-state index contributed by atoms with van der Waals surface area (Å²) in [5.41, 5.74) is 2.98. The highest BCUT2D eigenvalue weighted by Gasteiger charge is 2.12. The SMILES string of the molecule is COc1cc(S)c(N(C)C(C)=CCc2ccco2)cc1Cl.COc1cc2nc(C)sc2cc1OC. The number of furan rings is 1. The summed E-state index contributed by atoms with van der Waals surface area (Å²) >= 11 is 12.3. The van der Waals surface area contributed by atoms with E-state index in [0.29, 0.717) is 10.8 Å². The van der Waals surface area contributed by atoms with Crippen LogP contribution in [0.1, 0.15) is 17.7 Å². The summed E-state index contributed by atoms with van der Waals surface area (Å²) in [6.07, 6.45) is 4.52. The first-order valence-electron chi connectivity index (χ1n) is 10.8. The van der Waals surface area contributed by atoms with Crippen LogP contribution in [0.2, 0.25) is 5.02 Å². The number of thiol groups is 1. The van der Waals surface area contributed by atoms with Crippen LogP contribution < -0.4 is 19.1 Å². The van der Waals surface area contributed by atoms with Crippen molar-refractivity contribution >= 4 is 51.5 Å². The monoisotopic (exact) mass is 532 g/mol. The molecule has 35 heavy (non-hydrogen) atoms. The van der Waals surface area contributed by atoms with Crippen molar-refractivity contribution in [2.24, 2.45) is 0 Å². The van der Waals surface area contributed by atoms with E-state index in [2.05, 4.69) is 23.7 Å². The van der Waals surface area contributed by atoms with Crippen molar-refractivity contribution in [2.75, 3.05) is 33.3 Å². The molecule has 0 saturated carbocycles. The molecule has 0 radical (unpaired) electrons. The van der Waals surface area contributed by atoms with Crippen LogP contribution in [0.5, 0.6) is 17.2 Å². The summed E-state index contributed by atoms with van der Waals surface area (Å²) in [4.78, 5) is 7.23. The third kappa shape index (κ3) is 6.66. The fourth-order valence-corrected chi connectivity index (χ4v) is 4.74. The average molecular weight is 533 g/mol. The third-order valence-electron chi connectivity index (χ3n) is 5.32. The lowest BCUT2D eigenvalue weighted by atomic mass is 10.2. The summed E-state index contributed by atoms with van der Waals surface area (Å²) in [5.74, 6) is 3.03. The van der Waals surface area contributed by atoms with Gasteiger partial charge in [-0.2, -0.15) is 0 Å². The highest BCUT2D eigenvalue weighted by atomic mass is 35.5. The summed E-state index contributed by atoms with van der Waals surface area (Å²) in [5, 5.41) is 1.62. The number of allylic oxidation sites excluding steroid dienone is 2. The van der Waals surface area contributed by atoms with E-state index in [9.17, 15) is 0 Å². The summed E-state index contributed by atoms with van der Waals surface area (Å²) in [7, 11) is 6.83. The zero-order chi connectivity index (χ0) is 25.5. The van der Waals surface area contributed by atoms with Gasteiger partial charge in [-0.25, -0.2) is 4.98 Å². The lowest BCUT2D eigenvalue weighted by molar-refractivity contribution is 0.356. The minimum atomic E-state index is 0.566. The van der Waals surface area contributed by atoms with Crippen molar-refractivity contribution in [1.29, 1.82) is 0 Å². The van der Waals surface area contributed by atoms with Crippen molar-refractivity contribution in [3.63, 3.8) is 0 Å². The van der Waals surface area contributed by atoms with Crippen molar-refractivity contribution in [1.82, 2.24) is 4.98 Å². The predicted octanol–water partition coefficient (Wildman–Crippen LogP) is 7.43. The molecule has 186 valence electrons.